The number of halogens is 1. The number of hydrogen-bond donors (Lipinski definition) is 0. The second-order valence-electron chi connectivity index (χ2n) is 7.20. The summed E-state index contributed by atoms with van der Waals surface area (Å²) in [7, 11) is 1.67. The van der Waals surface area contributed by atoms with E-state index in [-0.39, 0.29) is 5.91 Å². The fraction of sp³-hybridized carbons (Fsp3) is 0.200. The molecule has 0 fully saturated rings. The van der Waals surface area contributed by atoms with Gasteiger partial charge in [0.15, 0.2) is 5.13 Å². The summed E-state index contributed by atoms with van der Waals surface area (Å²) >= 11 is 6.83. The third-order valence-corrected chi connectivity index (χ3v) is 7.55. The zero-order valence-corrected chi connectivity index (χ0v) is 20.9. The number of thiazole rings is 1. The highest BCUT2D eigenvalue weighted by molar-refractivity contribution is 9.10. The van der Waals surface area contributed by atoms with Crippen LogP contribution in [0.1, 0.15) is 18.4 Å². The molecule has 32 heavy (non-hydrogen) atoms. The van der Waals surface area contributed by atoms with Crippen LogP contribution in [0.25, 0.3) is 10.2 Å². The van der Waals surface area contributed by atoms with Crippen molar-refractivity contribution >= 4 is 60.3 Å². The number of benzene rings is 3. The minimum atomic E-state index is 0.0994. The first-order valence-electron chi connectivity index (χ1n) is 10.3. The van der Waals surface area contributed by atoms with E-state index in [4.69, 9.17) is 9.72 Å². The maximum atomic E-state index is 13.2. The van der Waals surface area contributed by atoms with E-state index in [0.717, 1.165) is 43.3 Å². The summed E-state index contributed by atoms with van der Waals surface area (Å²) in [6.45, 7) is 0.520. The van der Waals surface area contributed by atoms with Crippen molar-refractivity contribution in [2.24, 2.45) is 0 Å². The lowest BCUT2D eigenvalue weighted by Gasteiger charge is -2.20. The molecule has 1 aromatic heterocycles. The number of methoxy groups -OCH3 is 1. The van der Waals surface area contributed by atoms with Crippen LogP contribution < -0.4 is 9.64 Å². The number of carbonyl (C=O) groups excluding carboxylic acids is 1. The van der Waals surface area contributed by atoms with Crippen molar-refractivity contribution in [3.05, 3.63) is 82.8 Å². The van der Waals surface area contributed by atoms with Gasteiger partial charge in [0.05, 0.1) is 23.9 Å². The first-order chi connectivity index (χ1) is 15.6. The summed E-state index contributed by atoms with van der Waals surface area (Å²) in [5, 5.41) is 0.745. The predicted octanol–water partition coefficient (Wildman–Crippen LogP) is 7.17. The minimum absolute atomic E-state index is 0.0994. The molecule has 7 heteroatoms. The summed E-state index contributed by atoms with van der Waals surface area (Å²) in [5.74, 6) is 1.83. The molecule has 0 aliphatic rings. The molecular weight excluding hydrogens is 504 g/mol. The lowest BCUT2D eigenvalue weighted by molar-refractivity contribution is -0.118. The van der Waals surface area contributed by atoms with Crippen molar-refractivity contribution in [2.75, 3.05) is 17.8 Å². The number of rotatable bonds is 9. The first kappa shape index (κ1) is 22.8. The fourth-order valence-electron chi connectivity index (χ4n) is 3.25. The Balaban J connectivity index is 1.44. The number of ether oxygens (including phenoxy) is 1. The second kappa shape index (κ2) is 11.0. The van der Waals surface area contributed by atoms with Gasteiger partial charge >= 0.3 is 0 Å². The Morgan fingerprint density at radius 2 is 1.88 bits per heavy atom. The third-order valence-electron chi connectivity index (χ3n) is 4.92. The van der Waals surface area contributed by atoms with Crippen LogP contribution in [-0.4, -0.2) is 23.8 Å². The molecule has 0 spiro atoms. The van der Waals surface area contributed by atoms with Gasteiger partial charge in [0, 0.05) is 15.8 Å². The minimum Gasteiger partial charge on any atom is -0.497 e. The molecule has 0 saturated carbocycles. The molecular formula is C25H23BrN2O2S2. The van der Waals surface area contributed by atoms with E-state index in [2.05, 4.69) is 15.9 Å². The Labute approximate surface area is 204 Å². The molecule has 0 radical (unpaired) electrons. The number of thioether (sulfide) groups is 1. The molecule has 0 N–H and O–H groups in total. The Morgan fingerprint density at radius 3 is 2.62 bits per heavy atom. The third kappa shape index (κ3) is 5.91. The number of amides is 1. The molecule has 0 aliphatic heterocycles. The lowest BCUT2D eigenvalue weighted by atomic mass is 10.2. The predicted molar refractivity (Wildman–Crippen MR) is 138 cm³/mol. The van der Waals surface area contributed by atoms with E-state index in [9.17, 15) is 4.79 Å². The highest BCUT2D eigenvalue weighted by atomic mass is 79.9. The molecule has 0 unspecified atom stereocenters. The van der Waals surface area contributed by atoms with E-state index in [1.165, 1.54) is 4.90 Å². The maximum Gasteiger partial charge on any atom is 0.229 e. The summed E-state index contributed by atoms with van der Waals surface area (Å²) in [4.78, 5) is 21.0. The van der Waals surface area contributed by atoms with Crippen LogP contribution in [0.15, 0.2) is 82.2 Å². The van der Waals surface area contributed by atoms with Crippen LogP contribution in [0.2, 0.25) is 0 Å². The van der Waals surface area contributed by atoms with Gasteiger partial charge in [0.2, 0.25) is 5.91 Å². The molecule has 1 heterocycles. The van der Waals surface area contributed by atoms with E-state index in [0.29, 0.717) is 13.0 Å². The molecule has 3 aromatic carbocycles. The Hall–Kier alpha value is -2.35. The summed E-state index contributed by atoms with van der Waals surface area (Å²) in [6, 6.07) is 24.1. The number of fused-ring (bicyclic) bond motifs is 1. The number of nitrogens with zero attached hydrogens (tertiary/aromatic N) is 2. The van der Waals surface area contributed by atoms with Gasteiger partial charge < -0.3 is 4.74 Å². The molecule has 164 valence electrons. The number of carbonyl (C=O) groups is 1. The Kier molecular flexibility index (Phi) is 7.84. The molecule has 1 amide bonds. The monoisotopic (exact) mass is 526 g/mol. The molecule has 4 nitrogen and oxygen atoms in total. The van der Waals surface area contributed by atoms with Gasteiger partial charge in [0.25, 0.3) is 0 Å². The summed E-state index contributed by atoms with van der Waals surface area (Å²) < 4.78 is 7.28. The van der Waals surface area contributed by atoms with Gasteiger partial charge in [-0.15, -0.1) is 11.8 Å². The highest BCUT2D eigenvalue weighted by Crippen LogP contribution is 2.32. The molecule has 0 saturated heterocycles. The molecule has 0 bridgehead atoms. The van der Waals surface area contributed by atoms with E-state index >= 15 is 0 Å². The standard InChI is InChI=1S/C25H23BrN2O2S2/c1-30-20-10-12-21(13-11-20)31-15-5-8-24(29)28(17-18-6-3-2-4-7-18)25-27-22-14-9-19(26)16-23(22)32-25/h2-4,6-7,9-14,16H,5,8,15,17H2,1H3. The van der Waals surface area contributed by atoms with Gasteiger partial charge in [-0.2, -0.15) is 0 Å². The zero-order chi connectivity index (χ0) is 22.3. The highest BCUT2D eigenvalue weighted by Gasteiger charge is 2.20. The normalized spacial score (nSPS) is 10.9. The van der Waals surface area contributed by atoms with Crippen LogP contribution in [0.4, 0.5) is 5.13 Å². The molecule has 0 aliphatic carbocycles. The Bertz CT molecular complexity index is 1180. The molecule has 4 rings (SSSR count). The van der Waals surface area contributed by atoms with E-state index in [1.54, 1.807) is 30.2 Å². The van der Waals surface area contributed by atoms with Crippen molar-refractivity contribution in [1.29, 1.82) is 0 Å². The maximum absolute atomic E-state index is 13.2. The summed E-state index contributed by atoms with van der Waals surface area (Å²) in [6.07, 6.45) is 1.28. The van der Waals surface area contributed by atoms with E-state index in [1.807, 2.05) is 77.7 Å². The smallest absolute Gasteiger partial charge is 0.229 e. The van der Waals surface area contributed by atoms with Gasteiger partial charge in [-0.1, -0.05) is 57.6 Å². The fourth-order valence-corrected chi connectivity index (χ4v) is 5.64. The topological polar surface area (TPSA) is 42.4 Å². The van der Waals surface area contributed by atoms with Crippen LogP contribution in [0.3, 0.4) is 0 Å². The molecule has 4 aromatic rings. The zero-order valence-electron chi connectivity index (χ0n) is 17.7. The lowest BCUT2D eigenvalue weighted by Crippen LogP contribution is -2.30. The largest absolute Gasteiger partial charge is 0.497 e. The van der Waals surface area contributed by atoms with Crippen LogP contribution in [-0.2, 0) is 11.3 Å². The number of aromatic nitrogens is 1. The quantitative estimate of drug-likeness (QED) is 0.171. The number of hydrogen-bond acceptors (Lipinski definition) is 5. The van der Waals surface area contributed by atoms with Gasteiger partial charge in [-0.05, 0) is 60.2 Å². The second-order valence-corrected chi connectivity index (χ2v) is 10.3. The first-order valence-corrected chi connectivity index (χ1v) is 12.9. The van der Waals surface area contributed by atoms with Gasteiger partial charge in [-0.3, -0.25) is 9.69 Å². The number of anilines is 1. The average Bonchev–Trinajstić information content (AvgIpc) is 3.24. The Morgan fingerprint density at radius 1 is 1.09 bits per heavy atom. The molecule has 0 atom stereocenters. The van der Waals surface area contributed by atoms with Crippen molar-refractivity contribution in [1.82, 2.24) is 4.98 Å². The van der Waals surface area contributed by atoms with Crippen LogP contribution in [0, 0.1) is 0 Å². The van der Waals surface area contributed by atoms with Crippen molar-refractivity contribution in [3.63, 3.8) is 0 Å². The van der Waals surface area contributed by atoms with Crippen molar-refractivity contribution < 1.29 is 9.53 Å². The summed E-state index contributed by atoms with van der Waals surface area (Å²) in [5.41, 5.74) is 2.00. The van der Waals surface area contributed by atoms with Crippen LogP contribution in [0.5, 0.6) is 5.75 Å². The average molecular weight is 528 g/mol. The van der Waals surface area contributed by atoms with E-state index < -0.39 is 0 Å². The van der Waals surface area contributed by atoms with Crippen molar-refractivity contribution in [3.8, 4) is 5.75 Å². The van der Waals surface area contributed by atoms with Crippen LogP contribution >= 0.6 is 39.0 Å². The van der Waals surface area contributed by atoms with Gasteiger partial charge in [0.1, 0.15) is 5.75 Å². The van der Waals surface area contributed by atoms with Gasteiger partial charge in [-0.25, -0.2) is 4.98 Å². The SMILES string of the molecule is COc1ccc(SCCCC(=O)N(Cc2ccccc2)c2nc3ccc(Br)cc3s2)cc1. The van der Waals surface area contributed by atoms with Crippen molar-refractivity contribution in [2.45, 2.75) is 24.3 Å².